The van der Waals surface area contributed by atoms with E-state index in [4.69, 9.17) is 22.1 Å². The van der Waals surface area contributed by atoms with Crippen molar-refractivity contribution >= 4 is 29.0 Å². The number of ether oxygens (including phenoxy) is 1. The van der Waals surface area contributed by atoms with Gasteiger partial charge in [0.1, 0.15) is 0 Å². The van der Waals surface area contributed by atoms with Gasteiger partial charge in [0, 0.05) is 12.7 Å². The topological polar surface area (TPSA) is 70.6 Å². The van der Waals surface area contributed by atoms with Crippen LogP contribution in [0.5, 0.6) is 0 Å². The number of carboxylic acids is 1. The summed E-state index contributed by atoms with van der Waals surface area (Å²) in [5.41, 5.74) is 2.19. The number of rotatable bonds is 4. The smallest absolute Gasteiger partial charge is 0.307 e. The van der Waals surface area contributed by atoms with Crippen molar-refractivity contribution in [1.82, 2.24) is 10.6 Å². The van der Waals surface area contributed by atoms with Crippen molar-refractivity contribution < 1.29 is 14.6 Å². The van der Waals surface area contributed by atoms with Crippen LogP contribution in [0.25, 0.3) is 5.70 Å². The van der Waals surface area contributed by atoms with Crippen LogP contribution in [-0.4, -0.2) is 29.5 Å². The van der Waals surface area contributed by atoms with Crippen LogP contribution in [-0.2, 0) is 9.53 Å². The molecule has 0 amide bonds. The second-order valence-electron chi connectivity index (χ2n) is 4.05. The Kier molecular flexibility index (Phi) is 4.13. The largest absolute Gasteiger partial charge is 0.481 e. The van der Waals surface area contributed by atoms with E-state index in [1.165, 1.54) is 7.11 Å². The lowest BCUT2D eigenvalue weighted by Crippen LogP contribution is -2.49. The molecule has 2 rings (SSSR count). The van der Waals surface area contributed by atoms with Gasteiger partial charge in [0.15, 0.2) is 11.3 Å². The summed E-state index contributed by atoms with van der Waals surface area (Å²) in [5.74, 6) is -0.915. The molecule has 0 radical (unpaired) electrons. The molecule has 19 heavy (non-hydrogen) atoms. The number of hydrogen-bond donors (Lipinski definition) is 3. The number of methoxy groups -OCH3 is 1. The first-order chi connectivity index (χ1) is 9.11. The van der Waals surface area contributed by atoms with Gasteiger partial charge in [-0.3, -0.25) is 4.79 Å². The Labute approximate surface area is 116 Å². The van der Waals surface area contributed by atoms with E-state index in [9.17, 15) is 4.79 Å². The van der Waals surface area contributed by atoms with E-state index in [1.54, 1.807) is 0 Å². The molecule has 1 unspecified atom stereocenters. The first-order valence-electron chi connectivity index (χ1n) is 5.72. The lowest BCUT2D eigenvalue weighted by Gasteiger charge is -2.30. The van der Waals surface area contributed by atoms with Gasteiger partial charge in [0.2, 0.25) is 0 Å². The summed E-state index contributed by atoms with van der Waals surface area (Å²) >= 11 is 5.11. The molecule has 0 spiro atoms. The number of thiocarbonyl (C=S) groups is 1. The Bertz CT molecular complexity index is 528. The number of hydrogen-bond acceptors (Lipinski definition) is 3. The zero-order valence-electron chi connectivity index (χ0n) is 10.3. The predicted octanol–water partition coefficient (Wildman–Crippen LogP) is 1.32. The van der Waals surface area contributed by atoms with Gasteiger partial charge in [-0.1, -0.05) is 30.3 Å². The maximum atomic E-state index is 11.0. The minimum Gasteiger partial charge on any atom is -0.481 e. The van der Waals surface area contributed by atoms with Gasteiger partial charge in [-0.05, 0) is 17.8 Å². The minimum atomic E-state index is -0.915. The highest BCUT2D eigenvalue weighted by atomic mass is 32.1. The van der Waals surface area contributed by atoms with Crippen molar-refractivity contribution in [3.05, 3.63) is 41.5 Å². The fourth-order valence-electron chi connectivity index (χ4n) is 1.97. The van der Waals surface area contributed by atoms with Gasteiger partial charge in [0.25, 0.3) is 0 Å². The van der Waals surface area contributed by atoms with Crippen LogP contribution >= 0.6 is 12.2 Å². The molecular formula is C13H14N2O3S. The van der Waals surface area contributed by atoms with Crippen LogP contribution in [0.1, 0.15) is 12.0 Å². The molecule has 0 saturated carbocycles. The molecular weight excluding hydrogens is 264 g/mol. The maximum Gasteiger partial charge on any atom is 0.307 e. The first kappa shape index (κ1) is 13.5. The number of carbonyl (C=O) groups is 1. The van der Waals surface area contributed by atoms with Crippen LogP contribution in [0.3, 0.4) is 0 Å². The van der Waals surface area contributed by atoms with Gasteiger partial charge in [-0.2, -0.15) is 0 Å². The lowest BCUT2D eigenvalue weighted by molar-refractivity contribution is -0.136. The summed E-state index contributed by atoms with van der Waals surface area (Å²) in [6, 6.07) is 9.45. The highest BCUT2D eigenvalue weighted by molar-refractivity contribution is 7.80. The molecule has 5 nitrogen and oxygen atoms in total. The summed E-state index contributed by atoms with van der Waals surface area (Å²) in [6.45, 7) is 0. The number of benzene rings is 1. The maximum absolute atomic E-state index is 11.0. The second-order valence-corrected chi connectivity index (χ2v) is 4.46. The monoisotopic (exact) mass is 278 g/mol. The molecule has 1 aliphatic heterocycles. The molecule has 0 saturated heterocycles. The summed E-state index contributed by atoms with van der Waals surface area (Å²) in [5, 5.41) is 15.4. The zero-order valence-corrected chi connectivity index (χ0v) is 11.2. The van der Waals surface area contributed by atoms with Gasteiger partial charge in [-0.15, -0.1) is 0 Å². The molecule has 100 valence electrons. The third kappa shape index (κ3) is 3.10. The number of nitrogens with one attached hydrogen (secondary N) is 2. The van der Waals surface area contributed by atoms with Gasteiger partial charge < -0.3 is 20.5 Å². The Morgan fingerprint density at radius 2 is 2.11 bits per heavy atom. The highest BCUT2D eigenvalue weighted by Gasteiger charge is 2.27. The standard InChI is InChI=1S/C13H14N2O3S/c1-18-12-9(7-10(16)17)11(14-13(19)15-12)8-5-3-2-4-6-8/h2-6,12H,7H2,1H3,(H,16,17)(H2,14,15,19). The molecule has 3 N–H and O–H groups in total. The van der Waals surface area contributed by atoms with Crippen molar-refractivity contribution in [1.29, 1.82) is 0 Å². The number of carboxylic acid groups (broad SMARTS) is 1. The first-order valence-corrected chi connectivity index (χ1v) is 6.13. The van der Waals surface area contributed by atoms with Gasteiger partial charge >= 0.3 is 5.97 Å². The van der Waals surface area contributed by atoms with Gasteiger partial charge in [0.05, 0.1) is 12.1 Å². The Morgan fingerprint density at radius 3 is 2.68 bits per heavy atom. The van der Waals surface area contributed by atoms with E-state index in [-0.39, 0.29) is 6.42 Å². The van der Waals surface area contributed by atoms with Crippen molar-refractivity contribution in [2.45, 2.75) is 12.6 Å². The van der Waals surface area contributed by atoms with Crippen LogP contribution in [0.4, 0.5) is 0 Å². The summed E-state index contributed by atoms with van der Waals surface area (Å²) < 4.78 is 5.27. The summed E-state index contributed by atoms with van der Waals surface area (Å²) in [6.07, 6.45) is -0.647. The zero-order chi connectivity index (χ0) is 13.8. The third-order valence-electron chi connectivity index (χ3n) is 2.78. The van der Waals surface area contributed by atoms with Crippen molar-refractivity contribution in [3.8, 4) is 0 Å². The van der Waals surface area contributed by atoms with E-state index in [0.717, 1.165) is 5.56 Å². The molecule has 0 fully saturated rings. The van der Waals surface area contributed by atoms with E-state index < -0.39 is 12.2 Å². The van der Waals surface area contributed by atoms with Crippen molar-refractivity contribution in [2.75, 3.05) is 7.11 Å². The van der Waals surface area contributed by atoms with Crippen LogP contribution in [0.15, 0.2) is 35.9 Å². The highest BCUT2D eigenvalue weighted by Crippen LogP contribution is 2.24. The van der Waals surface area contributed by atoms with E-state index in [2.05, 4.69) is 10.6 Å². The average molecular weight is 278 g/mol. The Balaban J connectivity index is 2.49. The Hall–Kier alpha value is -1.92. The molecule has 6 heteroatoms. The minimum absolute atomic E-state index is 0.120. The summed E-state index contributed by atoms with van der Waals surface area (Å²) in [7, 11) is 1.51. The summed E-state index contributed by atoms with van der Waals surface area (Å²) in [4.78, 5) is 11.0. The molecule has 1 heterocycles. The third-order valence-corrected chi connectivity index (χ3v) is 3.00. The lowest BCUT2D eigenvalue weighted by atomic mass is 10.0. The number of aliphatic carboxylic acids is 1. The van der Waals surface area contributed by atoms with E-state index in [0.29, 0.717) is 16.4 Å². The molecule has 1 atom stereocenters. The predicted molar refractivity (Wildman–Crippen MR) is 75.3 cm³/mol. The van der Waals surface area contributed by atoms with Crippen molar-refractivity contribution in [3.63, 3.8) is 0 Å². The fraction of sp³-hybridized carbons (Fsp3) is 0.231. The molecule has 0 aliphatic carbocycles. The molecule has 1 aromatic rings. The van der Waals surface area contributed by atoms with Crippen LogP contribution < -0.4 is 10.6 Å². The van der Waals surface area contributed by atoms with E-state index >= 15 is 0 Å². The molecule has 1 aliphatic rings. The molecule has 0 bridgehead atoms. The SMILES string of the molecule is COC1NC(=S)NC(c2ccccc2)=C1CC(=O)O. The van der Waals surface area contributed by atoms with E-state index in [1.807, 2.05) is 30.3 Å². The Morgan fingerprint density at radius 1 is 1.42 bits per heavy atom. The fourth-order valence-corrected chi connectivity index (χ4v) is 2.18. The second kappa shape index (κ2) is 5.81. The van der Waals surface area contributed by atoms with Crippen molar-refractivity contribution in [2.24, 2.45) is 0 Å². The van der Waals surface area contributed by atoms with Crippen LogP contribution in [0.2, 0.25) is 0 Å². The quantitative estimate of drug-likeness (QED) is 0.722. The normalized spacial score (nSPS) is 18.8. The molecule has 1 aromatic carbocycles. The molecule has 0 aromatic heterocycles. The van der Waals surface area contributed by atoms with Crippen LogP contribution in [0, 0.1) is 0 Å². The van der Waals surface area contributed by atoms with Gasteiger partial charge in [-0.25, -0.2) is 0 Å². The average Bonchev–Trinajstić information content (AvgIpc) is 2.40.